The van der Waals surface area contributed by atoms with Crippen LogP contribution >= 0.6 is 11.3 Å². The number of hydrogen-bond donors (Lipinski definition) is 2. The number of rotatable bonds is 3. The molecule has 2 fully saturated rings. The van der Waals surface area contributed by atoms with Crippen LogP contribution in [0.15, 0.2) is 5.38 Å². The van der Waals surface area contributed by atoms with E-state index in [-0.39, 0.29) is 5.91 Å². The molecule has 6 heteroatoms. The first-order chi connectivity index (χ1) is 9.67. The van der Waals surface area contributed by atoms with Gasteiger partial charge in [0.25, 0.3) is 5.91 Å². The summed E-state index contributed by atoms with van der Waals surface area (Å²) in [6, 6.07) is 0. The predicted octanol–water partition coefficient (Wildman–Crippen LogP) is 2.38. The number of anilines is 2. The smallest absolute Gasteiger partial charge is 0.257 e. The van der Waals surface area contributed by atoms with Crippen molar-refractivity contribution in [2.75, 3.05) is 23.3 Å². The topological polar surface area (TPSA) is 65.5 Å². The molecule has 2 heterocycles. The van der Waals surface area contributed by atoms with Crippen LogP contribution in [0.2, 0.25) is 0 Å². The average Bonchev–Trinajstić information content (AvgIpc) is 3.10. The Balaban J connectivity index is 1.63. The van der Waals surface area contributed by atoms with Gasteiger partial charge in [-0.1, -0.05) is 0 Å². The summed E-state index contributed by atoms with van der Waals surface area (Å²) < 4.78 is 0. The van der Waals surface area contributed by atoms with Crippen molar-refractivity contribution in [2.45, 2.75) is 50.5 Å². The van der Waals surface area contributed by atoms with Crippen LogP contribution in [-0.2, 0) is 4.79 Å². The van der Waals surface area contributed by atoms with Gasteiger partial charge in [0.15, 0.2) is 5.13 Å². The molecule has 2 N–H and O–H groups in total. The summed E-state index contributed by atoms with van der Waals surface area (Å²) in [7, 11) is 0. The highest BCUT2D eigenvalue weighted by Crippen LogP contribution is 2.31. The predicted molar refractivity (Wildman–Crippen MR) is 80.2 cm³/mol. The maximum absolute atomic E-state index is 12.1. The molecule has 0 radical (unpaired) electrons. The molecular weight excluding hydrogens is 274 g/mol. The molecule has 20 heavy (non-hydrogen) atoms. The molecule has 1 saturated heterocycles. The van der Waals surface area contributed by atoms with Crippen LogP contribution in [0.3, 0.4) is 0 Å². The van der Waals surface area contributed by atoms with E-state index in [1.807, 2.05) is 5.38 Å². The first-order valence-electron chi connectivity index (χ1n) is 7.42. The van der Waals surface area contributed by atoms with Gasteiger partial charge in [-0.25, -0.2) is 4.98 Å². The molecular formula is C14H21N3O2S. The van der Waals surface area contributed by atoms with Crippen molar-refractivity contribution in [3.8, 4) is 0 Å². The van der Waals surface area contributed by atoms with Crippen LogP contribution in [-0.4, -0.2) is 34.7 Å². The zero-order valence-electron chi connectivity index (χ0n) is 11.6. The van der Waals surface area contributed by atoms with E-state index in [0.29, 0.717) is 18.7 Å². The Morgan fingerprint density at radius 2 is 1.95 bits per heavy atom. The number of piperidine rings is 1. The van der Waals surface area contributed by atoms with Crippen LogP contribution in [0.25, 0.3) is 0 Å². The highest BCUT2D eigenvalue weighted by atomic mass is 32.1. The third kappa shape index (κ3) is 2.81. The molecule has 110 valence electrons. The Morgan fingerprint density at radius 1 is 1.25 bits per heavy atom. The van der Waals surface area contributed by atoms with Gasteiger partial charge >= 0.3 is 0 Å². The van der Waals surface area contributed by atoms with Crippen molar-refractivity contribution in [2.24, 2.45) is 0 Å². The lowest BCUT2D eigenvalue weighted by molar-refractivity contribution is -0.133. The van der Waals surface area contributed by atoms with Gasteiger partial charge < -0.3 is 15.3 Å². The van der Waals surface area contributed by atoms with Crippen molar-refractivity contribution in [1.29, 1.82) is 0 Å². The summed E-state index contributed by atoms with van der Waals surface area (Å²) in [5.74, 6) is 0.270. The molecule has 5 nitrogen and oxygen atoms in total. The molecule has 0 unspecified atom stereocenters. The van der Waals surface area contributed by atoms with Crippen molar-refractivity contribution < 1.29 is 9.90 Å². The van der Waals surface area contributed by atoms with Gasteiger partial charge in [0.05, 0.1) is 0 Å². The van der Waals surface area contributed by atoms with Gasteiger partial charge in [0.1, 0.15) is 11.4 Å². The Kier molecular flexibility index (Phi) is 3.94. The summed E-state index contributed by atoms with van der Waals surface area (Å²) in [4.78, 5) is 18.9. The van der Waals surface area contributed by atoms with E-state index in [2.05, 4.69) is 15.2 Å². The summed E-state index contributed by atoms with van der Waals surface area (Å²) in [6.07, 6.45) is 6.66. The second-order valence-electron chi connectivity index (χ2n) is 5.76. The summed E-state index contributed by atoms with van der Waals surface area (Å²) >= 11 is 1.56. The molecule has 1 saturated carbocycles. The molecule has 0 aromatic carbocycles. The van der Waals surface area contributed by atoms with Gasteiger partial charge in [-0.05, 0) is 44.9 Å². The van der Waals surface area contributed by atoms with Crippen LogP contribution in [0, 0.1) is 0 Å². The fourth-order valence-corrected chi connectivity index (χ4v) is 3.78. The second-order valence-corrected chi connectivity index (χ2v) is 6.59. The number of thiazole rings is 1. The van der Waals surface area contributed by atoms with E-state index in [1.165, 1.54) is 19.3 Å². The summed E-state index contributed by atoms with van der Waals surface area (Å²) in [5.41, 5.74) is -1.19. The zero-order valence-corrected chi connectivity index (χ0v) is 12.4. The Bertz CT molecular complexity index is 477. The lowest BCUT2D eigenvalue weighted by atomic mass is 10.0. The third-order valence-corrected chi connectivity index (χ3v) is 5.12. The number of aliphatic hydroxyl groups is 1. The van der Waals surface area contributed by atoms with E-state index in [1.54, 1.807) is 11.3 Å². The number of amides is 1. The van der Waals surface area contributed by atoms with Crippen molar-refractivity contribution >= 4 is 28.2 Å². The lowest BCUT2D eigenvalue weighted by Crippen LogP contribution is -2.40. The van der Waals surface area contributed by atoms with E-state index in [4.69, 9.17) is 0 Å². The minimum atomic E-state index is -1.19. The van der Waals surface area contributed by atoms with E-state index >= 15 is 0 Å². The maximum Gasteiger partial charge on any atom is 0.257 e. The SMILES string of the molecule is O=C(Nc1csc(N2CCCCC2)n1)C1(O)CCCC1. The van der Waals surface area contributed by atoms with Gasteiger partial charge in [0.2, 0.25) is 0 Å². The molecule has 1 aliphatic heterocycles. The number of aromatic nitrogens is 1. The van der Waals surface area contributed by atoms with Gasteiger partial charge in [0, 0.05) is 18.5 Å². The Morgan fingerprint density at radius 3 is 2.65 bits per heavy atom. The van der Waals surface area contributed by atoms with Crippen LogP contribution < -0.4 is 10.2 Å². The number of nitrogens with zero attached hydrogens (tertiary/aromatic N) is 2. The zero-order chi connectivity index (χ0) is 14.0. The van der Waals surface area contributed by atoms with Crippen LogP contribution in [0.5, 0.6) is 0 Å². The highest BCUT2D eigenvalue weighted by molar-refractivity contribution is 7.14. The number of carbonyl (C=O) groups is 1. The molecule has 1 aromatic rings. The maximum atomic E-state index is 12.1. The van der Waals surface area contributed by atoms with Gasteiger partial charge in [-0.2, -0.15) is 0 Å². The first-order valence-corrected chi connectivity index (χ1v) is 8.30. The minimum absolute atomic E-state index is 0.300. The fraction of sp³-hybridized carbons (Fsp3) is 0.714. The molecule has 1 amide bonds. The average molecular weight is 295 g/mol. The van der Waals surface area contributed by atoms with Crippen molar-refractivity contribution in [1.82, 2.24) is 4.98 Å². The largest absolute Gasteiger partial charge is 0.380 e. The molecule has 3 rings (SSSR count). The molecule has 1 aliphatic carbocycles. The van der Waals surface area contributed by atoms with Crippen LogP contribution in [0.1, 0.15) is 44.9 Å². The molecule has 0 atom stereocenters. The molecule has 0 spiro atoms. The molecule has 0 bridgehead atoms. The number of nitrogens with one attached hydrogen (secondary N) is 1. The molecule has 1 aromatic heterocycles. The van der Waals surface area contributed by atoms with Crippen molar-refractivity contribution in [3.63, 3.8) is 0 Å². The summed E-state index contributed by atoms with van der Waals surface area (Å²) in [5, 5.41) is 15.8. The third-order valence-electron chi connectivity index (χ3n) is 4.21. The van der Waals surface area contributed by atoms with Gasteiger partial charge in [-0.3, -0.25) is 4.79 Å². The Labute approximate surface area is 123 Å². The number of hydrogen-bond acceptors (Lipinski definition) is 5. The minimum Gasteiger partial charge on any atom is -0.380 e. The van der Waals surface area contributed by atoms with Crippen molar-refractivity contribution in [3.05, 3.63) is 5.38 Å². The first kappa shape index (κ1) is 13.8. The standard InChI is InChI=1S/C14H21N3O2S/c18-12(14(19)6-2-3-7-14)15-11-10-20-13(16-11)17-8-4-1-5-9-17/h10,19H,1-9H2,(H,15,18). The van der Waals surface area contributed by atoms with E-state index in [0.717, 1.165) is 31.1 Å². The molecule has 2 aliphatic rings. The second kappa shape index (κ2) is 5.69. The number of carbonyl (C=O) groups excluding carboxylic acids is 1. The Hall–Kier alpha value is -1.14. The summed E-state index contributed by atoms with van der Waals surface area (Å²) in [6.45, 7) is 2.09. The normalized spacial score (nSPS) is 21.9. The monoisotopic (exact) mass is 295 g/mol. The fourth-order valence-electron chi connectivity index (χ4n) is 2.97. The van der Waals surface area contributed by atoms with Gasteiger partial charge in [-0.15, -0.1) is 11.3 Å². The quantitative estimate of drug-likeness (QED) is 0.898. The highest BCUT2D eigenvalue weighted by Gasteiger charge is 2.39. The van der Waals surface area contributed by atoms with E-state index < -0.39 is 5.60 Å². The van der Waals surface area contributed by atoms with Crippen LogP contribution in [0.4, 0.5) is 10.9 Å². The van der Waals surface area contributed by atoms with E-state index in [9.17, 15) is 9.90 Å². The lowest BCUT2D eigenvalue weighted by Gasteiger charge is -2.25.